The summed E-state index contributed by atoms with van der Waals surface area (Å²) in [6.45, 7) is 4.69. The number of para-hydroxylation sites is 2. The number of benzene rings is 2. The summed E-state index contributed by atoms with van der Waals surface area (Å²) in [6.07, 6.45) is 2.84. The lowest BCUT2D eigenvalue weighted by molar-refractivity contribution is -0.203. The maximum Gasteiger partial charge on any atom is 0.172 e. The quantitative estimate of drug-likeness (QED) is 0.736. The maximum absolute atomic E-state index is 5.97. The molecule has 2 heterocycles. The Labute approximate surface area is 165 Å². The highest BCUT2D eigenvalue weighted by molar-refractivity contribution is 5.41. The van der Waals surface area contributed by atoms with E-state index in [2.05, 4.69) is 18.3 Å². The van der Waals surface area contributed by atoms with Crippen molar-refractivity contribution in [2.75, 3.05) is 26.4 Å². The third kappa shape index (κ3) is 4.88. The zero-order valence-corrected chi connectivity index (χ0v) is 16.2. The molecule has 4 rings (SSSR count). The zero-order chi connectivity index (χ0) is 19.2. The van der Waals surface area contributed by atoms with Gasteiger partial charge < -0.3 is 24.4 Å². The molecular formula is C22H27NO5. The van der Waals surface area contributed by atoms with Crippen molar-refractivity contribution in [3.63, 3.8) is 0 Å². The Bertz CT molecular complexity index is 781. The van der Waals surface area contributed by atoms with Gasteiger partial charge in [0.25, 0.3) is 0 Å². The molecule has 0 saturated carbocycles. The van der Waals surface area contributed by atoms with Crippen molar-refractivity contribution in [1.82, 2.24) is 5.32 Å². The molecule has 2 aliphatic heterocycles. The van der Waals surface area contributed by atoms with E-state index in [0.29, 0.717) is 25.9 Å². The standard InChI is InChI=1S/C22H27NO5/c1-16(23-14-19-15-25-20-6-2-3-7-21(20)27-19)10-12-24-18-9-8-17-5-4-11-26-28-22(17)13-18/h2-3,6-9,13,16,19,23H,4-5,10-12,14-15H2,1H3. The van der Waals surface area contributed by atoms with Gasteiger partial charge in [-0.05, 0) is 49.9 Å². The van der Waals surface area contributed by atoms with Crippen molar-refractivity contribution in [1.29, 1.82) is 0 Å². The van der Waals surface area contributed by atoms with Gasteiger partial charge in [0.1, 0.15) is 18.5 Å². The molecule has 2 aliphatic rings. The minimum atomic E-state index is 0.0139. The van der Waals surface area contributed by atoms with E-state index in [1.165, 1.54) is 0 Å². The number of aryl methyl sites for hydroxylation is 1. The van der Waals surface area contributed by atoms with E-state index < -0.39 is 0 Å². The van der Waals surface area contributed by atoms with Crippen LogP contribution in [0, 0.1) is 0 Å². The molecule has 0 bridgehead atoms. The van der Waals surface area contributed by atoms with Crippen molar-refractivity contribution in [3.8, 4) is 23.0 Å². The lowest BCUT2D eigenvalue weighted by atomic mass is 10.1. The van der Waals surface area contributed by atoms with Gasteiger partial charge in [0, 0.05) is 18.7 Å². The Balaban J connectivity index is 1.18. The molecule has 0 amide bonds. The molecule has 0 radical (unpaired) electrons. The highest BCUT2D eigenvalue weighted by Gasteiger charge is 2.20. The second-order valence-electron chi connectivity index (χ2n) is 7.22. The lowest BCUT2D eigenvalue weighted by Gasteiger charge is -2.27. The van der Waals surface area contributed by atoms with E-state index in [-0.39, 0.29) is 6.10 Å². The molecule has 2 atom stereocenters. The van der Waals surface area contributed by atoms with E-state index in [1.807, 2.05) is 36.4 Å². The van der Waals surface area contributed by atoms with Crippen molar-refractivity contribution >= 4 is 0 Å². The summed E-state index contributed by atoms with van der Waals surface area (Å²) < 4.78 is 17.6. The summed E-state index contributed by atoms with van der Waals surface area (Å²) in [5.74, 6) is 3.19. The van der Waals surface area contributed by atoms with E-state index >= 15 is 0 Å². The molecular weight excluding hydrogens is 358 g/mol. The summed E-state index contributed by atoms with van der Waals surface area (Å²) in [7, 11) is 0. The van der Waals surface area contributed by atoms with Crippen LogP contribution in [0.1, 0.15) is 25.3 Å². The molecule has 0 aliphatic carbocycles. The van der Waals surface area contributed by atoms with Gasteiger partial charge in [0.15, 0.2) is 17.2 Å². The van der Waals surface area contributed by atoms with Crippen LogP contribution in [0.25, 0.3) is 0 Å². The molecule has 2 unspecified atom stereocenters. The summed E-state index contributed by atoms with van der Waals surface area (Å²) in [4.78, 5) is 10.5. The van der Waals surface area contributed by atoms with Gasteiger partial charge in [0.05, 0.1) is 13.2 Å². The molecule has 0 saturated heterocycles. The number of rotatable bonds is 7. The number of nitrogens with one attached hydrogen (secondary N) is 1. The third-order valence-corrected chi connectivity index (χ3v) is 4.94. The Morgan fingerprint density at radius 3 is 2.96 bits per heavy atom. The Morgan fingerprint density at radius 1 is 1.14 bits per heavy atom. The van der Waals surface area contributed by atoms with E-state index in [9.17, 15) is 0 Å². The van der Waals surface area contributed by atoms with Crippen LogP contribution in [0.15, 0.2) is 42.5 Å². The average Bonchev–Trinajstić information content (AvgIpc) is 2.97. The monoisotopic (exact) mass is 385 g/mol. The van der Waals surface area contributed by atoms with Crippen molar-refractivity contribution in [2.24, 2.45) is 0 Å². The van der Waals surface area contributed by atoms with Gasteiger partial charge in [-0.1, -0.05) is 18.2 Å². The van der Waals surface area contributed by atoms with E-state index in [1.54, 1.807) is 0 Å². The van der Waals surface area contributed by atoms with Crippen LogP contribution in [-0.4, -0.2) is 38.5 Å². The molecule has 150 valence electrons. The Hall–Kier alpha value is -2.44. The molecule has 28 heavy (non-hydrogen) atoms. The maximum atomic E-state index is 5.97. The summed E-state index contributed by atoms with van der Waals surface area (Å²) >= 11 is 0. The molecule has 6 nitrogen and oxygen atoms in total. The highest BCUT2D eigenvalue weighted by atomic mass is 17.2. The summed E-state index contributed by atoms with van der Waals surface area (Å²) in [5.41, 5.74) is 1.16. The zero-order valence-electron chi connectivity index (χ0n) is 16.2. The van der Waals surface area contributed by atoms with Crippen LogP contribution in [0.5, 0.6) is 23.0 Å². The van der Waals surface area contributed by atoms with Crippen molar-refractivity contribution < 1.29 is 24.0 Å². The Kier molecular flexibility index (Phi) is 6.19. The van der Waals surface area contributed by atoms with Crippen molar-refractivity contribution in [3.05, 3.63) is 48.0 Å². The second kappa shape index (κ2) is 9.17. The minimum Gasteiger partial charge on any atom is -0.493 e. The van der Waals surface area contributed by atoms with Crippen LogP contribution in [-0.2, 0) is 11.3 Å². The molecule has 6 heteroatoms. The number of ether oxygens (including phenoxy) is 3. The third-order valence-electron chi connectivity index (χ3n) is 4.94. The normalized spacial score (nSPS) is 19.1. The first kappa shape index (κ1) is 18.9. The first-order chi connectivity index (χ1) is 13.8. The highest BCUT2D eigenvalue weighted by Crippen LogP contribution is 2.31. The predicted molar refractivity (Wildman–Crippen MR) is 105 cm³/mol. The topological polar surface area (TPSA) is 58.2 Å². The van der Waals surface area contributed by atoms with Gasteiger partial charge in [-0.25, -0.2) is 0 Å². The molecule has 2 aromatic carbocycles. The van der Waals surface area contributed by atoms with Crippen molar-refractivity contribution in [2.45, 2.75) is 38.3 Å². The average molecular weight is 385 g/mol. The summed E-state index contributed by atoms with van der Waals surface area (Å²) in [5, 5.41) is 3.50. The largest absolute Gasteiger partial charge is 0.493 e. The van der Waals surface area contributed by atoms with Gasteiger partial charge >= 0.3 is 0 Å². The second-order valence-corrected chi connectivity index (χ2v) is 7.22. The Morgan fingerprint density at radius 2 is 2.04 bits per heavy atom. The van der Waals surface area contributed by atoms with Gasteiger partial charge in [-0.2, -0.15) is 4.89 Å². The molecule has 2 aromatic rings. The van der Waals surface area contributed by atoms with Crippen LogP contribution >= 0.6 is 0 Å². The first-order valence-corrected chi connectivity index (χ1v) is 9.95. The van der Waals surface area contributed by atoms with Crippen LogP contribution in [0.2, 0.25) is 0 Å². The number of fused-ring (bicyclic) bond motifs is 2. The smallest absolute Gasteiger partial charge is 0.172 e. The fourth-order valence-corrected chi connectivity index (χ4v) is 3.29. The van der Waals surface area contributed by atoms with Crippen LogP contribution in [0.4, 0.5) is 0 Å². The molecule has 0 aromatic heterocycles. The van der Waals surface area contributed by atoms with E-state index in [0.717, 1.165) is 54.4 Å². The first-order valence-electron chi connectivity index (χ1n) is 9.95. The minimum absolute atomic E-state index is 0.0139. The lowest BCUT2D eigenvalue weighted by Crippen LogP contribution is -2.41. The van der Waals surface area contributed by atoms with Crippen LogP contribution in [0.3, 0.4) is 0 Å². The van der Waals surface area contributed by atoms with Gasteiger partial charge in [-0.15, -0.1) is 0 Å². The number of hydrogen-bond donors (Lipinski definition) is 1. The van der Waals surface area contributed by atoms with E-state index in [4.69, 9.17) is 24.0 Å². The molecule has 0 spiro atoms. The van der Waals surface area contributed by atoms with Gasteiger partial charge in [0.2, 0.25) is 0 Å². The molecule has 0 fully saturated rings. The van der Waals surface area contributed by atoms with Gasteiger partial charge in [-0.3, -0.25) is 0 Å². The SMILES string of the molecule is CC(CCOc1ccc2c(c1)OOCCC2)NCC1COc2ccccc2O1. The molecule has 1 N–H and O–H groups in total. The fourth-order valence-electron chi connectivity index (χ4n) is 3.29. The predicted octanol–water partition coefficient (Wildman–Crippen LogP) is 3.53. The van der Waals surface area contributed by atoms with Crippen LogP contribution < -0.4 is 24.4 Å². The summed E-state index contributed by atoms with van der Waals surface area (Å²) in [6, 6.07) is 14.0. The number of hydrogen-bond acceptors (Lipinski definition) is 6. The fraction of sp³-hybridized carbons (Fsp3) is 0.455.